The number of hydrogen-bond donors (Lipinski definition) is 0. The molecule has 0 spiro atoms. The minimum atomic E-state index is -4.81. The van der Waals surface area contributed by atoms with Crippen LogP contribution in [0.2, 0.25) is 0 Å². The first-order valence-electron chi connectivity index (χ1n) is 9.44. The predicted molar refractivity (Wildman–Crippen MR) is 108 cm³/mol. The minimum absolute atomic E-state index is 0.142. The topological polar surface area (TPSA) is 61.9 Å². The van der Waals surface area contributed by atoms with Gasteiger partial charge in [-0.3, -0.25) is 4.79 Å². The lowest BCUT2D eigenvalue weighted by Crippen LogP contribution is -2.18. The average Bonchev–Trinajstić information content (AvgIpc) is 3.17. The maximum atomic E-state index is 12.7. The summed E-state index contributed by atoms with van der Waals surface area (Å²) in [4.78, 5) is 12.7. The third-order valence-corrected chi connectivity index (χ3v) is 4.57. The van der Waals surface area contributed by atoms with Gasteiger partial charge in [0.05, 0.1) is 17.6 Å². The van der Waals surface area contributed by atoms with Gasteiger partial charge in [0.25, 0.3) is 0 Å². The highest BCUT2D eigenvalue weighted by Crippen LogP contribution is 2.26. The molecular weight excluding hydrogens is 409 g/mol. The van der Waals surface area contributed by atoms with Crippen molar-refractivity contribution in [2.45, 2.75) is 19.7 Å². The molecule has 2 aromatic carbocycles. The van der Waals surface area contributed by atoms with Gasteiger partial charge in [0.1, 0.15) is 11.4 Å². The largest absolute Gasteiger partial charge is 0.573 e. The van der Waals surface area contributed by atoms with E-state index in [1.54, 1.807) is 16.9 Å². The zero-order valence-electron chi connectivity index (χ0n) is 16.4. The third kappa shape index (κ3) is 4.35. The van der Waals surface area contributed by atoms with E-state index in [1.807, 2.05) is 37.3 Å². The quantitative estimate of drug-likeness (QED) is 0.470. The molecule has 0 bridgehead atoms. The lowest BCUT2D eigenvalue weighted by Gasteiger charge is -2.13. The highest BCUT2D eigenvalue weighted by Gasteiger charge is 2.31. The summed E-state index contributed by atoms with van der Waals surface area (Å²) in [6.07, 6.45) is -1.11. The Balaban J connectivity index is 1.83. The van der Waals surface area contributed by atoms with Crippen LogP contribution in [0.4, 0.5) is 13.2 Å². The molecule has 6 nitrogen and oxygen atoms in total. The summed E-state index contributed by atoms with van der Waals surface area (Å²) in [5.74, 6) is -0.379. The van der Waals surface area contributed by atoms with Crippen LogP contribution in [-0.2, 0) is 6.42 Å². The van der Waals surface area contributed by atoms with Gasteiger partial charge in [0.2, 0.25) is 5.43 Å². The van der Waals surface area contributed by atoms with Crippen molar-refractivity contribution in [3.8, 4) is 28.5 Å². The number of nitrogens with zero attached hydrogens (tertiary/aromatic N) is 4. The van der Waals surface area contributed by atoms with E-state index in [-0.39, 0.29) is 16.9 Å². The normalized spacial score (nSPS) is 11.5. The first-order valence-corrected chi connectivity index (χ1v) is 9.44. The van der Waals surface area contributed by atoms with Gasteiger partial charge in [-0.25, -0.2) is 9.36 Å². The smallest absolute Gasteiger partial charge is 0.406 e. The molecule has 9 heteroatoms. The molecule has 0 radical (unpaired) electrons. The summed E-state index contributed by atoms with van der Waals surface area (Å²) in [7, 11) is 0. The Labute approximate surface area is 175 Å². The molecule has 2 aromatic heterocycles. The minimum Gasteiger partial charge on any atom is -0.406 e. The van der Waals surface area contributed by atoms with Gasteiger partial charge in [-0.2, -0.15) is 10.2 Å². The Kier molecular flexibility index (Phi) is 5.33. The number of halogens is 3. The molecular formula is C22H17F3N4O2. The molecule has 0 aliphatic heterocycles. The number of benzene rings is 2. The second-order valence-corrected chi connectivity index (χ2v) is 6.64. The standard InChI is InChI=1S/C22H17F3N4O2/c1-2-15-14-26-29(16-7-4-3-5-8-16)21(15)20-19(30)11-12-28(27-20)17-9-6-10-18(13-17)31-22(23,24)25/h3-14H,2H2,1H3. The number of aryl methyl sites for hydroxylation is 1. The molecule has 0 aliphatic rings. The molecule has 0 unspecified atom stereocenters. The Morgan fingerprint density at radius 1 is 1.00 bits per heavy atom. The van der Waals surface area contributed by atoms with Crippen molar-refractivity contribution in [3.63, 3.8) is 0 Å². The SMILES string of the molecule is CCc1cnn(-c2ccccc2)c1-c1nn(-c2cccc(OC(F)(F)F)c2)ccc1=O. The lowest BCUT2D eigenvalue weighted by molar-refractivity contribution is -0.274. The van der Waals surface area contributed by atoms with Gasteiger partial charge in [0.15, 0.2) is 5.69 Å². The Morgan fingerprint density at radius 2 is 1.74 bits per heavy atom. The zero-order valence-corrected chi connectivity index (χ0v) is 16.4. The van der Waals surface area contributed by atoms with Crippen LogP contribution in [0.3, 0.4) is 0 Å². The van der Waals surface area contributed by atoms with Crippen molar-refractivity contribution in [2.75, 3.05) is 0 Å². The van der Waals surface area contributed by atoms with E-state index in [0.29, 0.717) is 17.8 Å². The number of hydrogen-bond acceptors (Lipinski definition) is 4. The summed E-state index contributed by atoms with van der Waals surface area (Å²) in [6, 6.07) is 16.0. The first kappa shape index (κ1) is 20.4. The molecule has 0 atom stereocenters. The fraction of sp³-hybridized carbons (Fsp3) is 0.136. The van der Waals surface area contributed by atoms with Crippen LogP contribution < -0.4 is 10.2 Å². The van der Waals surface area contributed by atoms with Crippen molar-refractivity contribution in [3.05, 3.63) is 88.8 Å². The van der Waals surface area contributed by atoms with Gasteiger partial charge in [-0.15, -0.1) is 13.2 Å². The Morgan fingerprint density at radius 3 is 2.45 bits per heavy atom. The molecule has 4 rings (SSSR count). The lowest BCUT2D eigenvalue weighted by atomic mass is 10.1. The molecule has 0 saturated carbocycles. The highest BCUT2D eigenvalue weighted by molar-refractivity contribution is 5.62. The maximum absolute atomic E-state index is 12.7. The van der Waals surface area contributed by atoms with Crippen molar-refractivity contribution in [2.24, 2.45) is 0 Å². The van der Waals surface area contributed by atoms with E-state index in [1.165, 1.54) is 35.1 Å². The number of ether oxygens (including phenoxy) is 1. The van der Waals surface area contributed by atoms with E-state index in [2.05, 4.69) is 14.9 Å². The molecule has 4 aromatic rings. The van der Waals surface area contributed by atoms with Crippen molar-refractivity contribution >= 4 is 0 Å². The zero-order chi connectivity index (χ0) is 22.0. The fourth-order valence-corrected chi connectivity index (χ4v) is 3.20. The van der Waals surface area contributed by atoms with Crippen molar-refractivity contribution in [1.29, 1.82) is 0 Å². The van der Waals surface area contributed by atoms with Crippen LogP contribution in [0.25, 0.3) is 22.8 Å². The summed E-state index contributed by atoms with van der Waals surface area (Å²) < 4.78 is 44.7. The van der Waals surface area contributed by atoms with Crippen molar-refractivity contribution in [1.82, 2.24) is 19.6 Å². The van der Waals surface area contributed by atoms with Crippen LogP contribution in [0.5, 0.6) is 5.75 Å². The maximum Gasteiger partial charge on any atom is 0.573 e. The van der Waals surface area contributed by atoms with Crippen LogP contribution >= 0.6 is 0 Å². The molecule has 2 heterocycles. The van der Waals surface area contributed by atoms with E-state index in [9.17, 15) is 18.0 Å². The molecule has 0 aliphatic carbocycles. The summed E-state index contributed by atoms with van der Waals surface area (Å²) in [5, 5.41) is 8.84. The second-order valence-electron chi connectivity index (χ2n) is 6.64. The fourth-order valence-electron chi connectivity index (χ4n) is 3.20. The number of rotatable bonds is 5. The van der Waals surface area contributed by atoms with Gasteiger partial charge >= 0.3 is 6.36 Å². The van der Waals surface area contributed by atoms with Crippen LogP contribution in [0.1, 0.15) is 12.5 Å². The summed E-state index contributed by atoms with van der Waals surface area (Å²) in [6.45, 7) is 1.94. The van der Waals surface area contributed by atoms with Crippen LogP contribution in [0.15, 0.2) is 77.9 Å². The number of aromatic nitrogens is 4. The van der Waals surface area contributed by atoms with Gasteiger partial charge in [-0.05, 0) is 30.7 Å². The predicted octanol–water partition coefficient (Wildman–Crippen LogP) is 4.55. The van der Waals surface area contributed by atoms with Crippen LogP contribution in [0, 0.1) is 0 Å². The average molecular weight is 426 g/mol. The van der Waals surface area contributed by atoms with E-state index >= 15 is 0 Å². The highest BCUT2D eigenvalue weighted by atomic mass is 19.4. The number of para-hydroxylation sites is 1. The van der Waals surface area contributed by atoms with Crippen LogP contribution in [-0.4, -0.2) is 25.9 Å². The Bertz CT molecular complexity index is 1260. The summed E-state index contributed by atoms with van der Waals surface area (Å²) in [5.41, 5.74) is 2.24. The van der Waals surface area contributed by atoms with E-state index in [0.717, 1.165) is 11.3 Å². The molecule has 0 fully saturated rings. The molecule has 0 N–H and O–H groups in total. The molecule has 0 amide bonds. The molecule has 31 heavy (non-hydrogen) atoms. The van der Waals surface area contributed by atoms with Crippen molar-refractivity contribution < 1.29 is 17.9 Å². The van der Waals surface area contributed by atoms with Gasteiger partial charge in [0, 0.05) is 23.9 Å². The monoisotopic (exact) mass is 426 g/mol. The van der Waals surface area contributed by atoms with Gasteiger partial charge < -0.3 is 4.74 Å². The Hall–Kier alpha value is -3.88. The molecule has 0 saturated heterocycles. The summed E-state index contributed by atoms with van der Waals surface area (Å²) >= 11 is 0. The van der Waals surface area contributed by atoms with Gasteiger partial charge in [-0.1, -0.05) is 31.2 Å². The number of alkyl halides is 3. The third-order valence-electron chi connectivity index (χ3n) is 4.57. The molecule has 158 valence electrons. The second kappa shape index (κ2) is 8.10. The van der Waals surface area contributed by atoms with E-state index in [4.69, 9.17) is 0 Å². The first-order chi connectivity index (χ1) is 14.9. The van der Waals surface area contributed by atoms with E-state index < -0.39 is 6.36 Å².